The summed E-state index contributed by atoms with van der Waals surface area (Å²) < 4.78 is 13.0. The Bertz CT molecular complexity index is 528. The molecule has 1 saturated heterocycles. The van der Waals surface area contributed by atoms with E-state index in [2.05, 4.69) is 0 Å². The first-order valence-corrected chi connectivity index (χ1v) is 7.15. The van der Waals surface area contributed by atoms with Gasteiger partial charge in [0.05, 0.1) is 18.5 Å². The summed E-state index contributed by atoms with van der Waals surface area (Å²) in [6.07, 6.45) is 1.63. The molecule has 0 atom stereocenters. The van der Waals surface area contributed by atoms with E-state index in [4.69, 9.17) is 0 Å². The van der Waals surface area contributed by atoms with Crippen LogP contribution in [0.4, 0.5) is 4.39 Å². The zero-order valence-corrected chi connectivity index (χ0v) is 11.9. The Hall–Kier alpha value is -1.42. The minimum atomic E-state index is -0.742. The van der Waals surface area contributed by atoms with Crippen LogP contribution in [-0.2, 0) is 10.2 Å². The Morgan fingerprint density at radius 2 is 1.80 bits per heavy atom. The molecule has 0 bridgehead atoms. The predicted molar refractivity (Wildman–Crippen MR) is 73.7 cm³/mol. The highest BCUT2D eigenvalue weighted by Crippen LogP contribution is 2.50. The van der Waals surface area contributed by atoms with Crippen LogP contribution >= 0.6 is 0 Å². The first-order chi connectivity index (χ1) is 9.37. The van der Waals surface area contributed by atoms with Gasteiger partial charge in [-0.05, 0) is 36.5 Å². The zero-order chi connectivity index (χ0) is 14.5. The number of amides is 1. The summed E-state index contributed by atoms with van der Waals surface area (Å²) in [5.74, 6) is -0.0583. The third-order valence-corrected chi connectivity index (χ3v) is 4.85. The number of rotatable bonds is 3. The fourth-order valence-electron chi connectivity index (χ4n) is 2.95. The highest BCUT2D eigenvalue weighted by Gasteiger charge is 2.57. The van der Waals surface area contributed by atoms with Gasteiger partial charge in [0.15, 0.2) is 0 Å². The number of benzene rings is 1. The van der Waals surface area contributed by atoms with Gasteiger partial charge >= 0.3 is 0 Å². The predicted octanol–water partition coefficient (Wildman–Crippen LogP) is 2.09. The van der Waals surface area contributed by atoms with Crippen LogP contribution < -0.4 is 0 Å². The number of halogens is 1. The standard InChI is InChI=1S/C16H20FNO2/c1-11(2)16(20)9-18(10-16)14(19)15(7-8-15)12-3-5-13(17)6-4-12/h3-6,11,20H,7-10H2,1-2H3. The normalized spacial score (nSPS) is 22.6. The Morgan fingerprint density at radius 1 is 1.25 bits per heavy atom. The van der Waals surface area contributed by atoms with Gasteiger partial charge in [0.2, 0.25) is 5.91 Å². The van der Waals surface area contributed by atoms with Crippen LogP contribution in [0, 0.1) is 11.7 Å². The molecule has 1 aromatic rings. The molecule has 4 heteroatoms. The van der Waals surface area contributed by atoms with E-state index >= 15 is 0 Å². The summed E-state index contributed by atoms with van der Waals surface area (Å²) in [5, 5.41) is 10.3. The molecule has 0 unspecified atom stereocenters. The van der Waals surface area contributed by atoms with Crippen molar-refractivity contribution in [3.8, 4) is 0 Å². The topological polar surface area (TPSA) is 40.5 Å². The van der Waals surface area contributed by atoms with Gasteiger partial charge in [-0.15, -0.1) is 0 Å². The van der Waals surface area contributed by atoms with Crippen molar-refractivity contribution in [1.82, 2.24) is 4.90 Å². The Morgan fingerprint density at radius 3 is 2.25 bits per heavy atom. The average Bonchev–Trinajstić information content (AvgIpc) is 3.16. The van der Waals surface area contributed by atoms with E-state index in [-0.39, 0.29) is 17.6 Å². The van der Waals surface area contributed by atoms with Crippen LogP contribution in [0.1, 0.15) is 32.3 Å². The summed E-state index contributed by atoms with van der Waals surface area (Å²) in [5.41, 5.74) is -0.315. The fraction of sp³-hybridized carbons (Fsp3) is 0.562. The Balaban J connectivity index is 1.74. The first kappa shape index (κ1) is 13.6. The highest BCUT2D eigenvalue weighted by atomic mass is 19.1. The number of nitrogens with zero attached hydrogens (tertiary/aromatic N) is 1. The van der Waals surface area contributed by atoms with Crippen molar-refractivity contribution in [2.24, 2.45) is 5.92 Å². The smallest absolute Gasteiger partial charge is 0.233 e. The van der Waals surface area contributed by atoms with Crippen LogP contribution in [0.15, 0.2) is 24.3 Å². The third-order valence-electron chi connectivity index (χ3n) is 4.85. The zero-order valence-electron chi connectivity index (χ0n) is 11.9. The van der Waals surface area contributed by atoms with Crippen LogP contribution in [0.5, 0.6) is 0 Å². The lowest BCUT2D eigenvalue weighted by molar-refractivity contribution is -0.166. The molecule has 2 aliphatic rings. The van der Waals surface area contributed by atoms with E-state index < -0.39 is 11.0 Å². The monoisotopic (exact) mass is 277 g/mol. The number of aliphatic hydroxyl groups is 1. The molecular formula is C16H20FNO2. The summed E-state index contributed by atoms with van der Waals surface area (Å²) in [4.78, 5) is 14.4. The van der Waals surface area contributed by atoms with E-state index in [9.17, 15) is 14.3 Å². The van der Waals surface area contributed by atoms with Gasteiger partial charge in [-0.1, -0.05) is 26.0 Å². The van der Waals surface area contributed by atoms with Crippen molar-refractivity contribution in [3.63, 3.8) is 0 Å². The van der Waals surface area contributed by atoms with E-state index in [1.54, 1.807) is 17.0 Å². The minimum absolute atomic E-state index is 0.0782. The molecule has 1 aromatic carbocycles. The van der Waals surface area contributed by atoms with Gasteiger partial charge in [0.1, 0.15) is 11.4 Å². The van der Waals surface area contributed by atoms with Crippen LogP contribution in [0.3, 0.4) is 0 Å². The molecule has 1 amide bonds. The quantitative estimate of drug-likeness (QED) is 0.919. The molecule has 3 rings (SSSR count). The molecule has 3 nitrogen and oxygen atoms in total. The van der Waals surface area contributed by atoms with Crippen molar-refractivity contribution >= 4 is 5.91 Å². The Kier molecular flexibility index (Phi) is 2.91. The largest absolute Gasteiger partial charge is 0.386 e. The number of hydrogen-bond donors (Lipinski definition) is 1. The lowest BCUT2D eigenvalue weighted by Gasteiger charge is -2.50. The molecule has 1 saturated carbocycles. The fourth-order valence-corrected chi connectivity index (χ4v) is 2.95. The van der Waals surface area contributed by atoms with Crippen molar-refractivity contribution in [1.29, 1.82) is 0 Å². The van der Waals surface area contributed by atoms with Crippen molar-refractivity contribution in [3.05, 3.63) is 35.6 Å². The maximum Gasteiger partial charge on any atom is 0.233 e. The Labute approximate surface area is 118 Å². The molecule has 0 aromatic heterocycles. The molecule has 0 spiro atoms. The van der Waals surface area contributed by atoms with Gasteiger partial charge < -0.3 is 10.0 Å². The van der Waals surface area contributed by atoms with Gasteiger partial charge in [-0.2, -0.15) is 0 Å². The molecule has 1 aliphatic carbocycles. The summed E-state index contributed by atoms with van der Waals surface area (Å²) in [6, 6.07) is 6.22. The average molecular weight is 277 g/mol. The molecule has 2 fully saturated rings. The van der Waals surface area contributed by atoms with Crippen LogP contribution in [-0.4, -0.2) is 34.6 Å². The highest BCUT2D eigenvalue weighted by molar-refractivity contribution is 5.92. The molecule has 20 heavy (non-hydrogen) atoms. The van der Waals surface area contributed by atoms with Gasteiger partial charge in [0.25, 0.3) is 0 Å². The maximum absolute atomic E-state index is 13.0. The first-order valence-electron chi connectivity index (χ1n) is 7.15. The SMILES string of the molecule is CC(C)C1(O)CN(C(=O)C2(c3ccc(F)cc3)CC2)C1. The molecule has 1 N–H and O–H groups in total. The second-order valence-electron chi connectivity index (χ2n) is 6.51. The molecule has 0 radical (unpaired) electrons. The van der Waals surface area contributed by atoms with E-state index in [0.717, 1.165) is 18.4 Å². The summed E-state index contributed by atoms with van der Waals surface area (Å²) >= 11 is 0. The molecule has 1 heterocycles. The van der Waals surface area contributed by atoms with Gasteiger partial charge in [0, 0.05) is 0 Å². The molecular weight excluding hydrogens is 257 g/mol. The second kappa shape index (κ2) is 4.29. The third kappa shape index (κ3) is 1.94. The molecule has 108 valence electrons. The summed E-state index contributed by atoms with van der Waals surface area (Å²) in [7, 11) is 0. The number of carbonyl (C=O) groups excluding carboxylic acids is 1. The number of hydrogen-bond acceptors (Lipinski definition) is 2. The number of carbonyl (C=O) groups is 1. The number of likely N-dealkylation sites (tertiary alicyclic amines) is 1. The van der Waals surface area contributed by atoms with Crippen LogP contribution in [0.25, 0.3) is 0 Å². The minimum Gasteiger partial charge on any atom is -0.386 e. The van der Waals surface area contributed by atoms with E-state index in [1.807, 2.05) is 13.8 Å². The van der Waals surface area contributed by atoms with Gasteiger partial charge in [-0.3, -0.25) is 4.79 Å². The van der Waals surface area contributed by atoms with Crippen molar-refractivity contribution in [2.75, 3.05) is 13.1 Å². The number of β-amino-alcohol motifs (C(OH)–C–C–N with tert-alkyl or cyclic N) is 1. The van der Waals surface area contributed by atoms with E-state index in [0.29, 0.717) is 13.1 Å². The van der Waals surface area contributed by atoms with Crippen LogP contribution in [0.2, 0.25) is 0 Å². The van der Waals surface area contributed by atoms with Crippen molar-refractivity contribution in [2.45, 2.75) is 37.7 Å². The summed E-state index contributed by atoms with van der Waals surface area (Å²) in [6.45, 7) is 4.75. The lowest BCUT2D eigenvalue weighted by atomic mass is 9.81. The van der Waals surface area contributed by atoms with Crippen molar-refractivity contribution < 1.29 is 14.3 Å². The second-order valence-corrected chi connectivity index (χ2v) is 6.51. The van der Waals surface area contributed by atoms with E-state index in [1.165, 1.54) is 12.1 Å². The lowest BCUT2D eigenvalue weighted by Crippen LogP contribution is -2.67. The molecule has 1 aliphatic heterocycles. The van der Waals surface area contributed by atoms with Gasteiger partial charge in [-0.25, -0.2) is 4.39 Å². The maximum atomic E-state index is 13.0.